The van der Waals surface area contributed by atoms with Crippen molar-refractivity contribution in [2.24, 2.45) is 0 Å². The molecule has 1 aliphatic heterocycles. The average molecular weight is 436 g/mol. The fourth-order valence-electron chi connectivity index (χ4n) is 3.01. The predicted octanol–water partition coefficient (Wildman–Crippen LogP) is 5.07. The van der Waals surface area contributed by atoms with Crippen LogP contribution < -0.4 is 5.32 Å². The van der Waals surface area contributed by atoms with E-state index >= 15 is 0 Å². The first-order valence-electron chi connectivity index (χ1n) is 7.52. The van der Waals surface area contributed by atoms with Crippen LogP contribution in [0.5, 0.6) is 0 Å². The number of aromatic nitrogens is 2. The molecule has 23 heavy (non-hydrogen) atoms. The molecule has 0 spiro atoms. The summed E-state index contributed by atoms with van der Waals surface area (Å²) in [5, 5.41) is 9.13. The molecule has 2 aromatic carbocycles. The van der Waals surface area contributed by atoms with E-state index in [1.165, 1.54) is 9.13 Å². The molecule has 0 saturated heterocycles. The smallest absolute Gasteiger partial charge is 0.133 e. The van der Waals surface area contributed by atoms with E-state index < -0.39 is 0 Å². The van der Waals surface area contributed by atoms with Crippen LogP contribution in [0.4, 0.5) is 5.82 Å². The van der Waals surface area contributed by atoms with Crippen molar-refractivity contribution in [1.82, 2.24) is 9.78 Å². The molecule has 4 rings (SSSR count). The molecule has 0 bridgehead atoms. The highest BCUT2D eigenvalue weighted by Crippen LogP contribution is 2.36. The Morgan fingerprint density at radius 1 is 1.17 bits per heavy atom. The van der Waals surface area contributed by atoms with Crippen LogP contribution in [-0.4, -0.2) is 16.3 Å². The molecule has 0 aliphatic carbocycles. The van der Waals surface area contributed by atoms with Gasteiger partial charge in [0, 0.05) is 26.3 Å². The minimum Gasteiger partial charge on any atom is -0.369 e. The molecule has 1 aliphatic rings. The van der Waals surface area contributed by atoms with Crippen LogP contribution >= 0.6 is 34.2 Å². The normalized spacial score (nSPS) is 13.0. The van der Waals surface area contributed by atoms with Crippen molar-refractivity contribution in [3.8, 4) is 16.9 Å². The van der Waals surface area contributed by atoms with Crippen molar-refractivity contribution >= 4 is 40.0 Å². The zero-order valence-corrected chi connectivity index (χ0v) is 15.5. The van der Waals surface area contributed by atoms with Crippen molar-refractivity contribution in [3.05, 3.63) is 62.2 Å². The quantitative estimate of drug-likeness (QED) is 0.569. The highest BCUT2D eigenvalue weighted by atomic mass is 127. The average Bonchev–Trinajstić information content (AvgIpc) is 3.14. The van der Waals surface area contributed by atoms with Gasteiger partial charge in [-0.05, 0) is 65.8 Å². The predicted molar refractivity (Wildman–Crippen MR) is 104 cm³/mol. The van der Waals surface area contributed by atoms with Gasteiger partial charge in [-0.2, -0.15) is 5.10 Å². The van der Waals surface area contributed by atoms with E-state index in [2.05, 4.69) is 58.2 Å². The van der Waals surface area contributed by atoms with Crippen LogP contribution in [0, 0.1) is 10.5 Å². The molecule has 0 amide bonds. The number of rotatable bonds is 2. The van der Waals surface area contributed by atoms with E-state index in [4.69, 9.17) is 16.7 Å². The van der Waals surface area contributed by atoms with Gasteiger partial charge in [-0.3, -0.25) is 0 Å². The standard InChI is InChI=1S/C18H15ClIN3/c1-11-15(19)3-2-4-16(11)23-18-14(9-10-21-18)17(22-23)12-5-7-13(20)8-6-12/h2-8,21H,9-10H2,1H3. The lowest BCUT2D eigenvalue weighted by atomic mass is 10.1. The summed E-state index contributed by atoms with van der Waals surface area (Å²) >= 11 is 8.62. The Kier molecular flexibility index (Phi) is 3.81. The van der Waals surface area contributed by atoms with Crippen LogP contribution in [0.25, 0.3) is 16.9 Å². The first kappa shape index (κ1) is 15.0. The van der Waals surface area contributed by atoms with Gasteiger partial charge in [0.05, 0.1) is 11.4 Å². The van der Waals surface area contributed by atoms with E-state index in [1.807, 2.05) is 23.7 Å². The van der Waals surface area contributed by atoms with Crippen molar-refractivity contribution in [2.75, 3.05) is 11.9 Å². The second-order valence-electron chi connectivity index (χ2n) is 5.66. The van der Waals surface area contributed by atoms with E-state index in [0.29, 0.717) is 0 Å². The molecule has 2 heterocycles. The molecular formula is C18H15ClIN3. The Morgan fingerprint density at radius 2 is 1.96 bits per heavy atom. The molecule has 3 aromatic rings. The Bertz CT molecular complexity index is 884. The lowest BCUT2D eigenvalue weighted by Crippen LogP contribution is -2.05. The maximum absolute atomic E-state index is 6.29. The van der Waals surface area contributed by atoms with Crippen molar-refractivity contribution in [1.29, 1.82) is 0 Å². The number of anilines is 1. The van der Waals surface area contributed by atoms with Gasteiger partial charge in [-0.25, -0.2) is 4.68 Å². The molecule has 5 heteroatoms. The summed E-state index contributed by atoms with van der Waals surface area (Å²) < 4.78 is 3.22. The number of nitrogens with one attached hydrogen (secondary N) is 1. The fraction of sp³-hybridized carbons (Fsp3) is 0.167. The molecule has 0 fully saturated rings. The molecule has 0 saturated carbocycles. The Labute approximate surface area is 153 Å². The lowest BCUT2D eigenvalue weighted by Gasteiger charge is -2.10. The highest BCUT2D eigenvalue weighted by Gasteiger charge is 2.24. The van der Waals surface area contributed by atoms with Gasteiger partial charge >= 0.3 is 0 Å². The van der Waals surface area contributed by atoms with Gasteiger partial charge in [0.15, 0.2) is 0 Å². The third-order valence-corrected chi connectivity index (χ3v) is 5.36. The number of benzene rings is 2. The van der Waals surface area contributed by atoms with Gasteiger partial charge in [0.25, 0.3) is 0 Å². The maximum Gasteiger partial charge on any atom is 0.133 e. The van der Waals surface area contributed by atoms with Gasteiger partial charge in [0.2, 0.25) is 0 Å². The van der Waals surface area contributed by atoms with Gasteiger partial charge in [-0.1, -0.05) is 29.8 Å². The second-order valence-corrected chi connectivity index (χ2v) is 7.31. The third kappa shape index (κ3) is 2.54. The molecule has 1 aromatic heterocycles. The third-order valence-electron chi connectivity index (χ3n) is 4.24. The van der Waals surface area contributed by atoms with Crippen LogP contribution in [0.1, 0.15) is 11.1 Å². The molecule has 1 N–H and O–H groups in total. The zero-order valence-electron chi connectivity index (χ0n) is 12.6. The Morgan fingerprint density at radius 3 is 2.74 bits per heavy atom. The Balaban J connectivity index is 1.91. The van der Waals surface area contributed by atoms with Crippen LogP contribution in [0.15, 0.2) is 42.5 Å². The largest absolute Gasteiger partial charge is 0.369 e. The van der Waals surface area contributed by atoms with Gasteiger partial charge < -0.3 is 5.32 Å². The van der Waals surface area contributed by atoms with Gasteiger partial charge in [0.1, 0.15) is 5.82 Å². The topological polar surface area (TPSA) is 29.9 Å². The van der Waals surface area contributed by atoms with E-state index in [9.17, 15) is 0 Å². The molecule has 0 atom stereocenters. The summed E-state index contributed by atoms with van der Waals surface area (Å²) in [4.78, 5) is 0. The number of fused-ring (bicyclic) bond motifs is 1. The molecular weight excluding hydrogens is 421 g/mol. The summed E-state index contributed by atoms with van der Waals surface area (Å²) in [5.74, 6) is 1.09. The van der Waals surface area contributed by atoms with E-state index in [0.717, 1.165) is 46.3 Å². The maximum atomic E-state index is 6.29. The summed E-state index contributed by atoms with van der Waals surface area (Å²) in [6.07, 6.45) is 0.996. The summed E-state index contributed by atoms with van der Waals surface area (Å²) in [6.45, 7) is 2.98. The lowest BCUT2D eigenvalue weighted by molar-refractivity contribution is 0.875. The number of halogens is 2. The molecule has 0 unspecified atom stereocenters. The van der Waals surface area contributed by atoms with Crippen molar-refractivity contribution in [2.45, 2.75) is 13.3 Å². The molecule has 3 nitrogen and oxygen atoms in total. The molecule has 116 valence electrons. The van der Waals surface area contributed by atoms with Crippen LogP contribution in [-0.2, 0) is 6.42 Å². The van der Waals surface area contributed by atoms with E-state index in [-0.39, 0.29) is 0 Å². The van der Waals surface area contributed by atoms with Crippen molar-refractivity contribution < 1.29 is 0 Å². The zero-order chi connectivity index (χ0) is 16.0. The fourth-order valence-corrected chi connectivity index (χ4v) is 3.54. The first-order chi connectivity index (χ1) is 11.1. The summed E-state index contributed by atoms with van der Waals surface area (Å²) in [6, 6.07) is 14.5. The monoisotopic (exact) mass is 435 g/mol. The molecule has 0 radical (unpaired) electrons. The summed E-state index contributed by atoms with van der Waals surface area (Å²) in [5.41, 5.74) is 5.57. The minimum absolute atomic E-state index is 0.764. The summed E-state index contributed by atoms with van der Waals surface area (Å²) in [7, 11) is 0. The van der Waals surface area contributed by atoms with E-state index in [1.54, 1.807) is 0 Å². The Hall–Kier alpha value is -1.53. The SMILES string of the molecule is Cc1c(Cl)cccc1-n1nc(-c2ccc(I)cc2)c2c1NCC2. The minimum atomic E-state index is 0.764. The number of hydrogen-bond acceptors (Lipinski definition) is 2. The van der Waals surface area contributed by atoms with Crippen LogP contribution in [0.2, 0.25) is 5.02 Å². The highest BCUT2D eigenvalue weighted by molar-refractivity contribution is 14.1. The number of hydrogen-bond donors (Lipinski definition) is 1. The van der Waals surface area contributed by atoms with Crippen molar-refractivity contribution in [3.63, 3.8) is 0 Å². The van der Waals surface area contributed by atoms with Gasteiger partial charge in [-0.15, -0.1) is 0 Å². The number of nitrogens with zero attached hydrogens (tertiary/aromatic N) is 2. The van der Waals surface area contributed by atoms with Crippen LogP contribution in [0.3, 0.4) is 0 Å². The first-order valence-corrected chi connectivity index (χ1v) is 8.98. The second kappa shape index (κ2) is 5.83.